The Bertz CT molecular complexity index is 2430. The molecule has 4 N–H and O–H groups in total. The lowest BCUT2D eigenvalue weighted by Crippen LogP contribution is -2.54. The number of aryl methyl sites for hydroxylation is 1. The van der Waals surface area contributed by atoms with E-state index in [1.807, 2.05) is 47.6 Å². The molecule has 0 saturated carbocycles. The molecular formula is C40H44N12O5. The molecule has 0 spiro atoms. The highest BCUT2D eigenvalue weighted by Crippen LogP contribution is 2.38. The van der Waals surface area contributed by atoms with Crippen molar-refractivity contribution in [1.29, 1.82) is 0 Å². The Morgan fingerprint density at radius 1 is 0.895 bits per heavy atom. The summed E-state index contributed by atoms with van der Waals surface area (Å²) in [6.07, 6.45) is 6.50. The van der Waals surface area contributed by atoms with Crippen LogP contribution in [0.15, 0.2) is 65.7 Å². The number of anilines is 3. The van der Waals surface area contributed by atoms with E-state index in [2.05, 4.69) is 30.2 Å². The second kappa shape index (κ2) is 14.6. The molecule has 3 amide bonds. The number of rotatable bonds is 8. The van der Waals surface area contributed by atoms with Gasteiger partial charge in [0.2, 0.25) is 23.7 Å². The van der Waals surface area contributed by atoms with E-state index in [-0.39, 0.29) is 54.6 Å². The number of hydrogen-bond acceptors (Lipinski definition) is 13. The molecule has 17 nitrogen and oxygen atoms in total. The van der Waals surface area contributed by atoms with Gasteiger partial charge in [-0.15, -0.1) is 10.2 Å². The van der Waals surface area contributed by atoms with Crippen LogP contribution in [0.1, 0.15) is 42.9 Å². The fourth-order valence-corrected chi connectivity index (χ4v) is 8.90. The van der Waals surface area contributed by atoms with Crippen LogP contribution in [0.25, 0.3) is 22.3 Å². The van der Waals surface area contributed by atoms with Crippen LogP contribution >= 0.6 is 0 Å². The van der Waals surface area contributed by atoms with Gasteiger partial charge in [0.25, 0.3) is 0 Å². The average Bonchev–Trinajstić information content (AvgIpc) is 3.62. The van der Waals surface area contributed by atoms with E-state index >= 15 is 0 Å². The number of aromatic hydroxyl groups is 1. The minimum atomic E-state index is -0.755. The fourth-order valence-electron chi connectivity index (χ4n) is 8.90. The van der Waals surface area contributed by atoms with Crippen LogP contribution in [0, 0.1) is 0 Å². The topological polar surface area (TPSA) is 201 Å². The summed E-state index contributed by atoms with van der Waals surface area (Å²) in [6, 6.07) is 14.1. The number of amides is 3. The smallest absolute Gasteiger partial charge is 0.329 e. The van der Waals surface area contributed by atoms with Crippen LogP contribution in [-0.4, -0.2) is 113 Å². The van der Waals surface area contributed by atoms with Gasteiger partial charge in [-0.2, -0.15) is 0 Å². The number of hydrogen-bond donors (Lipinski definition) is 3. The summed E-state index contributed by atoms with van der Waals surface area (Å²) >= 11 is 0. The largest absolute Gasteiger partial charge is 0.507 e. The SMILES string of the molecule is Cn1c(=O)n(C2CCC(=O)NC2=O)c2ccc(CC(=O)N3CCN(Cc4cnc(N5C6CCC5CN(c5cc(-c7ccccc7O)nnc5N)C6)nc4)CC3)cc21. The van der Waals surface area contributed by atoms with Gasteiger partial charge in [0.15, 0.2) is 5.82 Å². The van der Waals surface area contributed by atoms with Gasteiger partial charge in [-0.1, -0.05) is 18.2 Å². The molecule has 2 aromatic carbocycles. The first-order valence-electron chi connectivity index (χ1n) is 19.4. The van der Waals surface area contributed by atoms with Crippen molar-refractivity contribution in [2.75, 3.05) is 54.8 Å². The van der Waals surface area contributed by atoms with Crippen molar-refractivity contribution in [3.8, 4) is 17.0 Å². The quantitative estimate of drug-likeness (QED) is 0.192. The lowest BCUT2D eigenvalue weighted by molar-refractivity contribution is -0.136. The number of phenols is 1. The standard InChI is InChI=1S/C40H44N12O5/c1-47-32-16-24(6-9-30(32)52(40(47)57)31-10-11-35(54)44-38(31)56)17-36(55)49-14-12-48(13-15-49)21-25-19-42-39(43-20-25)51-26-7-8-27(51)23-50(22-26)33-18-29(45-46-37(33)41)28-4-2-3-5-34(28)53/h2-6,9,16,18-20,26-27,31,53H,7-8,10-15,17,21-23H2,1H3,(H2,41,46)(H,44,54,56). The fraction of sp³-hybridized carbons (Fsp3) is 0.400. The third kappa shape index (κ3) is 6.81. The van der Waals surface area contributed by atoms with Gasteiger partial charge >= 0.3 is 5.69 Å². The Morgan fingerprint density at radius 2 is 1.63 bits per heavy atom. The number of aromatic nitrogens is 6. The number of nitrogens with one attached hydrogen (secondary N) is 1. The number of para-hydroxylation sites is 1. The summed E-state index contributed by atoms with van der Waals surface area (Å²) in [6.45, 7) is 4.82. The van der Waals surface area contributed by atoms with Gasteiger partial charge in [-0.25, -0.2) is 14.8 Å². The minimum Gasteiger partial charge on any atom is -0.507 e. The molecule has 5 aromatic rings. The van der Waals surface area contributed by atoms with Crippen molar-refractivity contribution in [2.24, 2.45) is 7.05 Å². The molecule has 57 heavy (non-hydrogen) atoms. The van der Waals surface area contributed by atoms with Crippen LogP contribution in [0.2, 0.25) is 0 Å². The lowest BCUT2D eigenvalue weighted by Gasteiger charge is -2.42. The minimum absolute atomic E-state index is 0.0184. The van der Waals surface area contributed by atoms with Crippen LogP contribution in [0.5, 0.6) is 5.75 Å². The molecule has 3 aromatic heterocycles. The maximum Gasteiger partial charge on any atom is 0.329 e. The molecule has 3 atom stereocenters. The molecule has 9 rings (SSSR count). The third-order valence-electron chi connectivity index (χ3n) is 11.9. The van der Waals surface area contributed by atoms with Crippen molar-refractivity contribution in [1.82, 2.24) is 44.4 Å². The molecule has 4 aliphatic rings. The monoisotopic (exact) mass is 772 g/mol. The number of piperazine rings is 2. The number of imide groups is 1. The van der Waals surface area contributed by atoms with Gasteiger partial charge in [-0.3, -0.25) is 33.7 Å². The number of phenolic OH excluding ortho intramolecular Hbond substituents is 1. The number of fused-ring (bicyclic) bond motifs is 3. The van der Waals surface area contributed by atoms with Crippen molar-refractivity contribution in [3.05, 3.63) is 82.5 Å². The molecule has 3 unspecified atom stereocenters. The number of benzene rings is 2. The van der Waals surface area contributed by atoms with Crippen LogP contribution in [0.3, 0.4) is 0 Å². The lowest BCUT2D eigenvalue weighted by atomic mass is 10.1. The molecule has 4 fully saturated rings. The van der Waals surface area contributed by atoms with E-state index in [1.165, 1.54) is 9.13 Å². The van der Waals surface area contributed by atoms with Gasteiger partial charge < -0.3 is 25.5 Å². The van der Waals surface area contributed by atoms with E-state index < -0.39 is 11.9 Å². The predicted octanol–water partition coefficient (Wildman–Crippen LogP) is 1.60. The second-order valence-corrected chi connectivity index (χ2v) is 15.4. The Hall–Kier alpha value is -6.36. The van der Waals surface area contributed by atoms with Gasteiger partial charge in [0.05, 0.1) is 28.8 Å². The summed E-state index contributed by atoms with van der Waals surface area (Å²) in [5.74, 6) is 0.437. The van der Waals surface area contributed by atoms with Crippen LogP contribution < -0.4 is 26.5 Å². The Kier molecular flexibility index (Phi) is 9.30. The van der Waals surface area contributed by atoms with Crippen molar-refractivity contribution < 1.29 is 19.5 Å². The molecule has 17 heteroatoms. The van der Waals surface area contributed by atoms with Crippen LogP contribution in [-0.2, 0) is 34.4 Å². The normalized spacial score (nSPS) is 21.4. The Balaban J connectivity index is 0.790. The highest BCUT2D eigenvalue weighted by Gasteiger charge is 2.42. The highest BCUT2D eigenvalue weighted by molar-refractivity contribution is 6.00. The molecular weight excluding hydrogens is 729 g/mol. The van der Waals surface area contributed by atoms with Crippen LogP contribution in [0.4, 0.5) is 17.5 Å². The number of piperidine rings is 1. The Labute approximate surface area is 327 Å². The maximum atomic E-state index is 13.4. The summed E-state index contributed by atoms with van der Waals surface area (Å²) in [4.78, 5) is 69.2. The zero-order chi connectivity index (χ0) is 39.4. The Morgan fingerprint density at radius 3 is 2.35 bits per heavy atom. The summed E-state index contributed by atoms with van der Waals surface area (Å²) in [5.41, 5.74) is 11.0. The predicted molar refractivity (Wildman–Crippen MR) is 211 cm³/mol. The average molecular weight is 773 g/mol. The molecule has 0 aliphatic carbocycles. The molecule has 294 valence electrons. The van der Waals surface area contributed by atoms with E-state index in [1.54, 1.807) is 25.2 Å². The first-order chi connectivity index (χ1) is 27.6. The number of nitrogen functional groups attached to an aromatic ring is 1. The summed E-state index contributed by atoms with van der Waals surface area (Å²) in [7, 11) is 1.65. The molecule has 0 radical (unpaired) electrons. The summed E-state index contributed by atoms with van der Waals surface area (Å²) < 4.78 is 2.93. The van der Waals surface area contributed by atoms with E-state index in [4.69, 9.17) is 15.7 Å². The van der Waals surface area contributed by atoms with E-state index in [9.17, 15) is 24.3 Å². The molecule has 4 aliphatic heterocycles. The number of carbonyl (C=O) groups excluding carboxylic acids is 3. The van der Waals surface area contributed by atoms with E-state index in [0.717, 1.165) is 61.8 Å². The number of nitrogens with zero attached hydrogens (tertiary/aromatic N) is 10. The van der Waals surface area contributed by atoms with Gasteiger partial charge in [0.1, 0.15) is 11.8 Å². The van der Waals surface area contributed by atoms with Crippen molar-refractivity contribution >= 4 is 46.2 Å². The molecule has 4 saturated heterocycles. The van der Waals surface area contributed by atoms with Crippen molar-refractivity contribution in [3.63, 3.8) is 0 Å². The second-order valence-electron chi connectivity index (χ2n) is 15.4. The number of carbonyl (C=O) groups is 3. The third-order valence-corrected chi connectivity index (χ3v) is 11.9. The van der Waals surface area contributed by atoms with Gasteiger partial charge in [-0.05, 0) is 55.2 Å². The highest BCUT2D eigenvalue weighted by atomic mass is 16.3. The maximum absolute atomic E-state index is 13.4. The first-order valence-corrected chi connectivity index (χ1v) is 19.4. The van der Waals surface area contributed by atoms with Crippen molar-refractivity contribution in [2.45, 2.75) is 56.8 Å². The molecule has 7 heterocycles. The summed E-state index contributed by atoms with van der Waals surface area (Å²) in [5, 5.41) is 21.2. The van der Waals surface area contributed by atoms with E-state index in [0.29, 0.717) is 47.7 Å². The zero-order valence-corrected chi connectivity index (χ0v) is 31.6. The number of nitrogens with two attached hydrogens (primary N) is 1. The molecule has 2 bridgehead atoms. The zero-order valence-electron chi connectivity index (χ0n) is 31.6. The number of imidazole rings is 1. The van der Waals surface area contributed by atoms with Gasteiger partial charge in [0, 0.05) is 94.9 Å². The first kappa shape index (κ1) is 36.3.